The Morgan fingerprint density at radius 2 is 1.95 bits per heavy atom. The van der Waals surface area contributed by atoms with Gasteiger partial charge in [-0.2, -0.15) is 4.31 Å². The number of benzene rings is 1. The zero-order valence-electron chi connectivity index (χ0n) is 11.1. The third kappa shape index (κ3) is 2.98. The molecule has 1 unspecified atom stereocenters. The Labute approximate surface area is 117 Å². The zero-order valence-corrected chi connectivity index (χ0v) is 12.8. The number of hydrogen-bond acceptors (Lipinski definition) is 5. The molecule has 0 radical (unpaired) electrons. The predicted molar refractivity (Wildman–Crippen MR) is 76.3 cm³/mol. The van der Waals surface area contributed by atoms with Gasteiger partial charge in [0.25, 0.3) is 0 Å². The van der Waals surface area contributed by atoms with Crippen LogP contribution in [0.2, 0.25) is 0 Å². The second kappa shape index (κ2) is 5.60. The largest absolute Gasteiger partial charge is 0.493 e. The van der Waals surface area contributed by atoms with Crippen molar-refractivity contribution in [1.29, 1.82) is 0 Å². The van der Waals surface area contributed by atoms with E-state index in [1.165, 1.54) is 10.6 Å². The minimum Gasteiger partial charge on any atom is -0.493 e. The third-order valence-electron chi connectivity index (χ3n) is 2.97. The first-order valence-electron chi connectivity index (χ1n) is 5.77. The Balaban J connectivity index is 2.36. The van der Waals surface area contributed by atoms with E-state index in [1.54, 1.807) is 32.0 Å². The van der Waals surface area contributed by atoms with Gasteiger partial charge in [0, 0.05) is 12.3 Å². The van der Waals surface area contributed by atoms with Crippen LogP contribution < -0.4 is 9.47 Å². The Kier molecular flexibility index (Phi) is 4.27. The van der Waals surface area contributed by atoms with E-state index in [0.29, 0.717) is 18.0 Å². The highest BCUT2D eigenvalue weighted by atomic mass is 32.2. The van der Waals surface area contributed by atoms with Gasteiger partial charge in [-0.05, 0) is 17.7 Å². The van der Waals surface area contributed by atoms with Gasteiger partial charge in [0.2, 0.25) is 10.0 Å². The van der Waals surface area contributed by atoms with Crippen LogP contribution in [-0.2, 0) is 10.0 Å². The molecular formula is C12H17NO4S2. The number of rotatable bonds is 4. The zero-order chi connectivity index (χ0) is 14.0. The number of hydrogen-bond donors (Lipinski definition) is 0. The SMILES string of the molecule is COc1ccc(C2SCCN2S(C)(=O)=O)cc1OC. The van der Waals surface area contributed by atoms with E-state index < -0.39 is 10.0 Å². The van der Waals surface area contributed by atoms with Crippen molar-refractivity contribution in [3.63, 3.8) is 0 Å². The third-order valence-corrected chi connectivity index (χ3v) is 5.61. The summed E-state index contributed by atoms with van der Waals surface area (Å²) in [5, 5.41) is -0.185. The molecule has 1 saturated heterocycles. The van der Waals surface area contributed by atoms with Gasteiger partial charge in [0.05, 0.1) is 25.8 Å². The molecule has 1 atom stereocenters. The highest BCUT2D eigenvalue weighted by Gasteiger charge is 2.33. The van der Waals surface area contributed by atoms with Crippen LogP contribution in [0.15, 0.2) is 18.2 Å². The van der Waals surface area contributed by atoms with Gasteiger partial charge in [0.1, 0.15) is 0 Å². The van der Waals surface area contributed by atoms with Crippen LogP contribution in [0.3, 0.4) is 0 Å². The van der Waals surface area contributed by atoms with Crippen molar-refractivity contribution in [1.82, 2.24) is 4.31 Å². The van der Waals surface area contributed by atoms with Crippen molar-refractivity contribution in [3.8, 4) is 11.5 Å². The molecule has 7 heteroatoms. The molecule has 1 aliphatic heterocycles. The first kappa shape index (κ1) is 14.5. The molecule has 5 nitrogen and oxygen atoms in total. The molecule has 1 aromatic rings. The summed E-state index contributed by atoms with van der Waals surface area (Å²) in [5.74, 6) is 2.05. The summed E-state index contributed by atoms with van der Waals surface area (Å²) >= 11 is 1.61. The normalized spacial score (nSPS) is 20.5. The average Bonchev–Trinajstić information content (AvgIpc) is 2.87. The van der Waals surface area contributed by atoms with Crippen LogP contribution in [-0.4, -0.2) is 45.5 Å². The van der Waals surface area contributed by atoms with Crippen LogP contribution in [0.25, 0.3) is 0 Å². The summed E-state index contributed by atoms with van der Waals surface area (Å²) < 4.78 is 35.5. The molecule has 0 spiro atoms. The quantitative estimate of drug-likeness (QED) is 0.847. The van der Waals surface area contributed by atoms with E-state index in [2.05, 4.69) is 0 Å². The fourth-order valence-electron chi connectivity index (χ4n) is 2.06. The van der Waals surface area contributed by atoms with Gasteiger partial charge >= 0.3 is 0 Å². The average molecular weight is 303 g/mol. The Hall–Kier alpha value is -0.920. The molecule has 0 amide bonds. The standard InChI is InChI=1S/C12H17NO4S2/c1-16-10-5-4-9(8-11(10)17-2)12-13(6-7-18-12)19(3,14)15/h4-5,8,12H,6-7H2,1-3H3. The van der Waals surface area contributed by atoms with E-state index in [9.17, 15) is 8.42 Å². The van der Waals surface area contributed by atoms with E-state index >= 15 is 0 Å². The van der Waals surface area contributed by atoms with Crippen molar-refractivity contribution < 1.29 is 17.9 Å². The monoisotopic (exact) mass is 303 g/mol. The molecule has 1 aliphatic rings. The highest BCUT2D eigenvalue weighted by Crippen LogP contribution is 2.42. The molecule has 0 N–H and O–H groups in total. The molecule has 1 aromatic carbocycles. The second-order valence-electron chi connectivity index (χ2n) is 4.21. The van der Waals surface area contributed by atoms with Crippen LogP contribution in [0, 0.1) is 0 Å². The molecule has 2 rings (SSSR count). The van der Waals surface area contributed by atoms with Gasteiger partial charge in [-0.15, -0.1) is 11.8 Å². The van der Waals surface area contributed by atoms with Gasteiger partial charge in [-0.1, -0.05) is 6.07 Å². The number of methoxy groups -OCH3 is 2. The number of nitrogens with zero attached hydrogens (tertiary/aromatic N) is 1. The first-order valence-corrected chi connectivity index (χ1v) is 8.67. The van der Waals surface area contributed by atoms with Crippen LogP contribution in [0.1, 0.15) is 10.9 Å². The summed E-state index contributed by atoms with van der Waals surface area (Å²) in [6, 6.07) is 5.51. The molecule has 1 fully saturated rings. The minimum atomic E-state index is -3.19. The summed E-state index contributed by atoms with van der Waals surface area (Å²) in [5.41, 5.74) is 0.908. The predicted octanol–water partition coefficient (Wildman–Crippen LogP) is 1.71. The minimum absolute atomic E-state index is 0.185. The van der Waals surface area contributed by atoms with Crippen molar-refractivity contribution in [2.45, 2.75) is 5.37 Å². The van der Waals surface area contributed by atoms with E-state index in [-0.39, 0.29) is 5.37 Å². The number of sulfonamides is 1. The smallest absolute Gasteiger partial charge is 0.212 e. The summed E-state index contributed by atoms with van der Waals surface area (Å²) in [4.78, 5) is 0. The second-order valence-corrected chi connectivity index (χ2v) is 7.33. The summed E-state index contributed by atoms with van der Waals surface area (Å²) in [7, 11) is -0.0534. The van der Waals surface area contributed by atoms with Crippen LogP contribution in [0.5, 0.6) is 11.5 Å². The molecule has 19 heavy (non-hydrogen) atoms. The van der Waals surface area contributed by atoms with Gasteiger partial charge in [-0.25, -0.2) is 8.42 Å². The molecule has 106 valence electrons. The molecule has 0 aromatic heterocycles. The maximum atomic E-state index is 11.8. The highest BCUT2D eigenvalue weighted by molar-refractivity contribution is 8.00. The molecule has 1 heterocycles. The number of thioether (sulfide) groups is 1. The molecular weight excluding hydrogens is 286 g/mol. The van der Waals surface area contributed by atoms with Gasteiger partial charge < -0.3 is 9.47 Å². The lowest BCUT2D eigenvalue weighted by molar-refractivity contribution is 0.353. The fourth-order valence-corrected chi connectivity index (χ4v) is 4.86. The number of ether oxygens (including phenoxy) is 2. The Morgan fingerprint density at radius 3 is 2.53 bits per heavy atom. The maximum absolute atomic E-state index is 11.8. The van der Waals surface area contributed by atoms with E-state index in [1.807, 2.05) is 12.1 Å². The fraction of sp³-hybridized carbons (Fsp3) is 0.500. The summed E-state index contributed by atoms with van der Waals surface area (Å²) in [6.07, 6.45) is 1.24. The lowest BCUT2D eigenvalue weighted by atomic mass is 10.2. The van der Waals surface area contributed by atoms with Crippen molar-refractivity contribution >= 4 is 21.8 Å². The topological polar surface area (TPSA) is 55.8 Å². The lowest BCUT2D eigenvalue weighted by Crippen LogP contribution is -2.29. The van der Waals surface area contributed by atoms with E-state index in [4.69, 9.17) is 9.47 Å². The van der Waals surface area contributed by atoms with Crippen molar-refractivity contribution in [2.75, 3.05) is 32.8 Å². The lowest BCUT2D eigenvalue weighted by Gasteiger charge is -2.22. The molecule has 0 aliphatic carbocycles. The summed E-state index contributed by atoms with van der Waals surface area (Å²) in [6.45, 7) is 0.544. The van der Waals surface area contributed by atoms with Crippen LogP contribution >= 0.6 is 11.8 Å². The first-order chi connectivity index (χ1) is 8.97. The van der Waals surface area contributed by atoms with Crippen molar-refractivity contribution in [2.24, 2.45) is 0 Å². The van der Waals surface area contributed by atoms with Crippen LogP contribution in [0.4, 0.5) is 0 Å². The van der Waals surface area contributed by atoms with Gasteiger partial charge in [-0.3, -0.25) is 0 Å². The molecule has 0 saturated carbocycles. The van der Waals surface area contributed by atoms with Gasteiger partial charge in [0.15, 0.2) is 11.5 Å². The Bertz CT molecular complexity index is 559. The Morgan fingerprint density at radius 1 is 1.26 bits per heavy atom. The van der Waals surface area contributed by atoms with Crippen molar-refractivity contribution in [3.05, 3.63) is 23.8 Å². The van der Waals surface area contributed by atoms with E-state index in [0.717, 1.165) is 11.3 Å². The molecule has 0 bridgehead atoms. The maximum Gasteiger partial charge on any atom is 0.212 e.